The third-order valence-electron chi connectivity index (χ3n) is 7.73. The van der Waals surface area contributed by atoms with E-state index in [0.717, 1.165) is 33.0 Å². The van der Waals surface area contributed by atoms with Crippen LogP contribution in [0.2, 0.25) is 0 Å². The van der Waals surface area contributed by atoms with E-state index in [1.807, 2.05) is 42.5 Å². The highest BCUT2D eigenvalue weighted by molar-refractivity contribution is 6.16. The van der Waals surface area contributed by atoms with Gasteiger partial charge in [-0.2, -0.15) is 0 Å². The largest absolute Gasteiger partial charge is 0.244 e. The maximum absolute atomic E-state index is 5.15. The first kappa shape index (κ1) is 24.1. The molecule has 0 fully saturated rings. The SMILES string of the molecule is c1ccc(-c2ccc(-c3nc(-c4ccccc4)nc(-c4ccc5ccc6c7ccccc7ccc6c5n4)n3)cc2)cc1. The minimum absolute atomic E-state index is 0.547. The smallest absolute Gasteiger partial charge is 0.182 e. The summed E-state index contributed by atoms with van der Waals surface area (Å²) in [6, 6.07) is 50.0. The summed E-state index contributed by atoms with van der Waals surface area (Å²) in [5.74, 6) is 1.78. The number of aromatic nitrogens is 4. The zero-order chi connectivity index (χ0) is 27.9. The molecule has 6 aromatic carbocycles. The van der Waals surface area contributed by atoms with Gasteiger partial charge in [-0.3, -0.25) is 0 Å². The summed E-state index contributed by atoms with van der Waals surface area (Å²) < 4.78 is 0. The van der Waals surface area contributed by atoms with Gasteiger partial charge in [0.2, 0.25) is 0 Å². The van der Waals surface area contributed by atoms with Crippen LogP contribution < -0.4 is 0 Å². The first-order chi connectivity index (χ1) is 20.8. The van der Waals surface area contributed by atoms with Crippen LogP contribution in [0.4, 0.5) is 0 Å². The van der Waals surface area contributed by atoms with E-state index in [4.69, 9.17) is 19.9 Å². The molecular formula is C38H24N4. The van der Waals surface area contributed by atoms with Crippen molar-refractivity contribution in [2.45, 2.75) is 0 Å². The molecule has 196 valence electrons. The number of nitrogens with zero attached hydrogens (tertiary/aromatic N) is 4. The maximum atomic E-state index is 5.15. The maximum Gasteiger partial charge on any atom is 0.182 e. The van der Waals surface area contributed by atoms with Crippen molar-refractivity contribution in [3.8, 4) is 45.4 Å². The van der Waals surface area contributed by atoms with E-state index in [0.29, 0.717) is 23.2 Å². The highest BCUT2D eigenvalue weighted by atomic mass is 15.0. The van der Waals surface area contributed by atoms with Crippen molar-refractivity contribution in [1.29, 1.82) is 0 Å². The van der Waals surface area contributed by atoms with E-state index in [1.165, 1.54) is 21.7 Å². The van der Waals surface area contributed by atoms with Gasteiger partial charge < -0.3 is 0 Å². The van der Waals surface area contributed by atoms with Crippen molar-refractivity contribution >= 4 is 32.4 Å². The van der Waals surface area contributed by atoms with Crippen molar-refractivity contribution < 1.29 is 0 Å². The van der Waals surface area contributed by atoms with E-state index in [-0.39, 0.29) is 0 Å². The Balaban J connectivity index is 1.29. The monoisotopic (exact) mass is 536 g/mol. The molecule has 0 saturated heterocycles. The zero-order valence-corrected chi connectivity index (χ0v) is 22.6. The number of benzene rings is 6. The molecule has 0 aliphatic carbocycles. The molecule has 0 amide bonds. The highest BCUT2D eigenvalue weighted by Crippen LogP contribution is 2.32. The molecule has 2 heterocycles. The van der Waals surface area contributed by atoms with Gasteiger partial charge in [-0.1, -0.05) is 140 Å². The van der Waals surface area contributed by atoms with Gasteiger partial charge in [0.1, 0.15) is 5.69 Å². The molecule has 4 heteroatoms. The standard InChI is InChI=1S/C38H24N4/c1-3-9-25(10-4-1)26-15-17-30(18-16-26)37-40-36(29-12-5-2-6-13-29)41-38(42-37)34-24-21-28-20-22-32-31-14-8-7-11-27(31)19-23-33(32)35(28)39-34/h1-24H. The van der Waals surface area contributed by atoms with E-state index < -0.39 is 0 Å². The summed E-state index contributed by atoms with van der Waals surface area (Å²) in [4.78, 5) is 19.9. The predicted octanol–water partition coefficient (Wildman–Crippen LogP) is 9.39. The van der Waals surface area contributed by atoms with Gasteiger partial charge in [0.25, 0.3) is 0 Å². The third-order valence-corrected chi connectivity index (χ3v) is 7.73. The van der Waals surface area contributed by atoms with E-state index >= 15 is 0 Å². The second-order valence-corrected chi connectivity index (χ2v) is 10.3. The molecule has 0 aliphatic heterocycles. The minimum atomic E-state index is 0.547. The van der Waals surface area contributed by atoms with Crippen molar-refractivity contribution in [3.05, 3.63) is 146 Å². The van der Waals surface area contributed by atoms with E-state index in [9.17, 15) is 0 Å². The minimum Gasteiger partial charge on any atom is -0.244 e. The molecule has 8 rings (SSSR count). The van der Waals surface area contributed by atoms with Gasteiger partial charge in [-0.05, 0) is 33.4 Å². The summed E-state index contributed by atoms with van der Waals surface area (Å²) in [5.41, 5.74) is 5.82. The normalized spacial score (nSPS) is 11.3. The second-order valence-electron chi connectivity index (χ2n) is 10.3. The van der Waals surface area contributed by atoms with Crippen LogP contribution in [-0.4, -0.2) is 19.9 Å². The lowest BCUT2D eigenvalue weighted by molar-refractivity contribution is 1.06. The van der Waals surface area contributed by atoms with Gasteiger partial charge >= 0.3 is 0 Å². The van der Waals surface area contributed by atoms with Crippen LogP contribution in [0.3, 0.4) is 0 Å². The van der Waals surface area contributed by atoms with Gasteiger partial charge in [-0.25, -0.2) is 19.9 Å². The summed E-state index contributed by atoms with van der Waals surface area (Å²) in [6.45, 7) is 0. The predicted molar refractivity (Wildman–Crippen MR) is 172 cm³/mol. The van der Waals surface area contributed by atoms with Crippen LogP contribution in [0.15, 0.2) is 146 Å². The topological polar surface area (TPSA) is 51.6 Å². The summed E-state index contributed by atoms with van der Waals surface area (Å²) in [6.07, 6.45) is 0. The number of fused-ring (bicyclic) bond motifs is 5. The molecule has 0 bridgehead atoms. The Labute approximate surface area is 243 Å². The first-order valence-corrected chi connectivity index (χ1v) is 14.0. The molecule has 0 spiro atoms. The molecule has 0 saturated carbocycles. The lowest BCUT2D eigenvalue weighted by atomic mass is 9.99. The van der Waals surface area contributed by atoms with Gasteiger partial charge in [0.05, 0.1) is 5.52 Å². The van der Waals surface area contributed by atoms with E-state index in [1.54, 1.807) is 0 Å². The molecule has 0 N–H and O–H groups in total. The summed E-state index contributed by atoms with van der Waals surface area (Å²) in [5, 5.41) is 5.81. The Morgan fingerprint density at radius 1 is 0.286 bits per heavy atom. The summed E-state index contributed by atoms with van der Waals surface area (Å²) in [7, 11) is 0. The lowest BCUT2D eigenvalue weighted by Crippen LogP contribution is -2.01. The van der Waals surface area contributed by atoms with Crippen LogP contribution in [0.5, 0.6) is 0 Å². The van der Waals surface area contributed by atoms with Gasteiger partial charge in [0.15, 0.2) is 17.5 Å². The van der Waals surface area contributed by atoms with Gasteiger partial charge in [-0.15, -0.1) is 0 Å². The van der Waals surface area contributed by atoms with Crippen LogP contribution >= 0.6 is 0 Å². The quantitative estimate of drug-likeness (QED) is 0.210. The lowest BCUT2D eigenvalue weighted by Gasteiger charge is -2.10. The molecule has 0 unspecified atom stereocenters. The average molecular weight is 537 g/mol. The Hall–Kier alpha value is -5.74. The second kappa shape index (κ2) is 10.0. The molecular weight excluding hydrogens is 512 g/mol. The fraction of sp³-hybridized carbons (Fsp3) is 0. The number of rotatable bonds is 4. The molecule has 0 aliphatic rings. The van der Waals surface area contributed by atoms with Crippen LogP contribution in [0, 0.1) is 0 Å². The number of hydrogen-bond acceptors (Lipinski definition) is 4. The Kier molecular flexibility index (Phi) is 5.75. The van der Waals surface area contributed by atoms with Crippen molar-refractivity contribution in [3.63, 3.8) is 0 Å². The Bertz CT molecular complexity index is 2230. The first-order valence-electron chi connectivity index (χ1n) is 14.0. The molecule has 0 radical (unpaired) electrons. The van der Waals surface area contributed by atoms with Crippen molar-refractivity contribution in [1.82, 2.24) is 19.9 Å². The summed E-state index contributed by atoms with van der Waals surface area (Å²) >= 11 is 0. The fourth-order valence-corrected chi connectivity index (χ4v) is 5.58. The Morgan fingerprint density at radius 3 is 1.57 bits per heavy atom. The molecule has 0 atom stereocenters. The molecule has 2 aromatic heterocycles. The zero-order valence-electron chi connectivity index (χ0n) is 22.6. The number of hydrogen-bond donors (Lipinski definition) is 0. The van der Waals surface area contributed by atoms with Crippen LogP contribution in [-0.2, 0) is 0 Å². The molecule has 4 nitrogen and oxygen atoms in total. The fourth-order valence-electron chi connectivity index (χ4n) is 5.58. The molecule has 42 heavy (non-hydrogen) atoms. The third kappa shape index (κ3) is 4.27. The van der Waals surface area contributed by atoms with Crippen LogP contribution in [0.25, 0.3) is 77.9 Å². The average Bonchev–Trinajstić information content (AvgIpc) is 3.08. The highest BCUT2D eigenvalue weighted by Gasteiger charge is 2.15. The van der Waals surface area contributed by atoms with E-state index in [2.05, 4.69) is 103 Å². The Morgan fingerprint density at radius 2 is 0.810 bits per heavy atom. The molecule has 8 aromatic rings. The van der Waals surface area contributed by atoms with Gasteiger partial charge in [0, 0.05) is 21.9 Å². The van der Waals surface area contributed by atoms with Crippen LogP contribution in [0.1, 0.15) is 0 Å². The van der Waals surface area contributed by atoms with Crippen molar-refractivity contribution in [2.24, 2.45) is 0 Å². The van der Waals surface area contributed by atoms with Crippen molar-refractivity contribution in [2.75, 3.05) is 0 Å². The number of pyridine rings is 1.